The van der Waals surface area contributed by atoms with E-state index in [9.17, 15) is 4.39 Å². The van der Waals surface area contributed by atoms with Crippen molar-refractivity contribution in [2.75, 3.05) is 0 Å². The lowest BCUT2D eigenvalue weighted by atomic mass is 10.1. The molecule has 0 fully saturated rings. The van der Waals surface area contributed by atoms with Crippen LogP contribution in [0.4, 0.5) is 4.39 Å². The molecule has 2 rings (SSSR count). The van der Waals surface area contributed by atoms with Gasteiger partial charge in [-0.25, -0.2) is 4.39 Å². The van der Waals surface area contributed by atoms with Gasteiger partial charge in [-0.1, -0.05) is 30.6 Å². The van der Waals surface area contributed by atoms with Crippen molar-refractivity contribution in [3.05, 3.63) is 34.9 Å². The minimum Gasteiger partial charge on any atom is -0.334 e. The Morgan fingerprint density at radius 2 is 2.11 bits per heavy atom. The van der Waals surface area contributed by atoms with Crippen molar-refractivity contribution < 1.29 is 8.91 Å². The number of rotatable bonds is 3. The van der Waals surface area contributed by atoms with Gasteiger partial charge in [0.05, 0.1) is 11.6 Å². The highest BCUT2D eigenvalue weighted by Crippen LogP contribution is 2.25. The fraction of sp³-hybridized carbons (Fsp3) is 0.333. The molecule has 18 heavy (non-hydrogen) atoms. The van der Waals surface area contributed by atoms with Crippen LogP contribution in [0.5, 0.6) is 0 Å². The lowest BCUT2D eigenvalue weighted by molar-refractivity contribution is 0.398. The Bertz CT molecular complexity index is 556. The third kappa shape index (κ3) is 2.52. The zero-order valence-electron chi connectivity index (χ0n) is 10.0. The molecule has 2 N–H and O–H groups in total. The van der Waals surface area contributed by atoms with Crippen LogP contribution in [0.1, 0.15) is 25.7 Å². The summed E-state index contributed by atoms with van der Waals surface area (Å²) < 4.78 is 18.7. The van der Waals surface area contributed by atoms with Crippen molar-refractivity contribution in [1.82, 2.24) is 10.1 Å². The molecule has 1 unspecified atom stereocenters. The summed E-state index contributed by atoms with van der Waals surface area (Å²) in [6.45, 7) is 3.90. The van der Waals surface area contributed by atoms with Crippen molar-refractivity contribution in [3.63, 3.8) is 0 Å². The molecule has 0 saturated heterocycles. The average Bonchev–Trinajstić information content (AvgIpc) is 2.77. The van der Waals surface area contributed by atoms with Crippen LogP contribution in [0.2, 0.25) is 5.02 Å². The molecular weight excluding hydrogens is 257 g/mol. The summed E-state index contributed by atoms with van der Waals surface area (Å²) in [5, 5.41) is 4.08. The molecular formula is C12H13ClFN3O. The first-order valence-electron chi connectivity index (χ1n) is 5.53. The fourth-order valence-corrected chi connectivity index (χ4v) is 1.60. The summed E-state index contributed by atoms with van der Waals surface area (Å²) in [6.07, 6.45) is 0. The van der Waals surface area contributed by atoms with Crippen LogP contribution in [-0.2, 0) is 0 Å². The van der Waals surface area contributed by atoms with Gasteiger partial charge in [-0.05, 0) is 24.1 Å². The number of benzene rings is 1. The molecule has 1 aromatic carbocycles. The van der Waals surface area contributed by atoms with Gasteiger partial charge in [-0.15, -0.1) is 0 Å². The molecule has 0 amide bonds. The second kappa shape index (κ2) is 5.04. The Morgan fingerprint density at radius 3 is 2.72 bits per heavy atom. The number of halogens is 2. The van der Waals surface area contributed by atoms with E-state index in [2.05, 4.69) is 10.1 Å². The molecule has 2 aromatic rings. The lowest BCUT2D eigenvalue weighted by Crippen LogP contribution is -2.18. The zero-order valence-corrected chi connectivity index (χ0v) is 10.8. The van der Waals surface area contributed by atoms with Crippen LogP contribution < -0.4 is 5.73 Å². The zero-order chi connectivity index (χ0) is 13.3. The van der Waals surface area contributed by atoms with Crippen molar-refractivity contribution >= 4 is 11.6 Å². The first-order chi connectivity index (χ1) is 8.49. The first kappa shape index (κ1) is 13.0. The van der Waals surface area contributed by atoms with Gasteiger partial charge in [0, 0.05) is 5.02 Å². The molecule has 0 radical (unpaired) electrons. The van der Waals surface area contributed by atoms with E-state index in [0.29, 0.717) is 10.8 Å². The molecule has 0 saturated carbocycles. The summed E-state index contributed by atoms with van der Waals surface area (Å²) in [6, 6.07) is 3.92. The molecule has 0 aliphatic carbocycles. The largest absolute Gasteiger partial charge is 0.334 e. The van der Waals surface area contributed by atoms with Crippen LogP contribution in [-0.4, -0.2) is 10.1 Å². The fourth-order valence-electron chi connectivity index (χ4n) is 1.44. The minimum atomic E-state index is -0.504. The maximum atomic E-state index is 13.7. The monoisotopic (exact) mass is 269 g/mol. The van der Waals surface area contributed by atoms with Gasteiger partial charge in [0.1, 0.15) is 5.82 Å². The highest BCUT2D eigenvalue weighted by molar-refractivity contribution is 6.30. The van der Waals surface area contributed by atoms with Crippen molar-refractivity contribution in [1.29, 1.82) is 0 Å². The number of hydrogen-bond donors (Lipinski definition) is 1. The molecule has 0 aliphatic heterocycles. The van der Waals surface area contributed by atoms with Crippen LogP contribution in [0.15, 0.2) is 22.7 Å². The van der Waals surface area contributed by atoms with E-state index in [1.807, 2.05) is 13.8 Å². The second-order valence-corrected chi connectivity index (χ2v) is 4.79. The highest BCUT2D eigenvalue weighted by atomic mass is 35.5. The number of nitrogens with zero attached hydrogens (tertiary/aromatic N) is 2. The summed E-state index contributed by atoms with van der Waals surface area (Å²) >= 11 is 5.67. The molecule has 0 bridgehead atoms. The predicted octanol–water partition coefficient (Wildman–Crippen LogP) is 3.18. The van der Waals surface area contributed by atoms with E-state index in [4.69, 9.17) is 21.9 Å². The van der Waals surface area contributed by atoms with Gasteiger partial charge >= 0.3 is 0 Å². The van der Waals surface area contributed by atoms with Gasteiger partial charge in [-0.2, -0.15) is 4.98 Å². The van der Waals surface area contributed by atoms with Crippen LogP contribution in [0.3, 0.4) is 0 Å². The van der Waals surface area contributed by atoms with E-state index >= 15 is 0 Å². The van der Waals surface area contributed by atoms with Crippen LogP contribution >= 0.6 is 11.6 Å². The Hall–Kier alpha value is -1.46. The minimum absolute atomic E-state index is 0.107. The molecule has 0 spiro atoms. The van der Waals surface area contributed by atoms with Crippen LogP contribution in [0, 0.1) is 11.7 Å². The normalized spacial score (nSPS) is 13.0. The third-order valence-electron chi connectivity index (χ3n) is 2.62. The van der Waals surface area contributed by atoms with Crippen molar-refractivity contribution in [2.24, 2.45) is 11.7 Å². The molecule has 1 aromatic heterocycles. The molecule has 0 aliphatic rings. The van der Waals surface area contributed by atoms with E-state index in [-0.39, 0.29) is 23.4 Å². The Kier molecular flexibility index (Phi) is 3.63. The number of hydrogen-bond acceptors (Lipinski definition) is 4. The average molecular weight is 270 g/mol. The summed E-state index contributed by atoms with van der Waals surface area (Å²) in [5.41, 5.74) is 6.11. The Morgan fingerprint density at radius 1 is 1.39 bits per heavy atom. The van der Waals surface area contributed by atoms with Gasteiger partial charge in [0.2, 0.25) is 0 Å². The van der Waals surface area contributed by atoms with E-state index < -0.39 is 5.82 Å². The maximum Gasteiger partial charge on any atom is 0.260 e. The van der Waals surface area contributed by atoms with Crippen LogP contribution in [0.25, 0.3) is 11.5 Å². The van der Waals surface area contributed by atoms with E-state index in [1.165, 1.54) is 12.1 Å². The second-order valence-electron chi connectivity index (χ2n) is 4.35. The molecule has 1 atom stereocenters. The SMILES string of the molecule is CC(C)C(N)c1noc(-c2ccc(Cl)cc2F)n1. The number of aromatic nitrogens is 2. The van der Waals surface area contributed by atoms with Crippen molar-refractivity contribution in [3.8, 4) is 11.5 Å². The first-order valence-corrected chi connectivity index (χ1v) is 5.91. The molecule has 1 heterocycles. The predicted molar refractivity (Wildman–Crippen MR) is 66.5 cm³/mol. The summed E-state index contributed by atoms with van der Waals surface area (Å²) in [4.78, 5) is 4.11. The molecule has 4 nitrogen and oxygen atoms in total. The molecule has 6 heteroatoms. The van der Waals surface area contributed by atoms with Gasteiger partial charge in [0.15, 0.2) is 5.82 Å². The molecule has 96 valence electrons. The van der Waals surface area contributed by atoms with Gasteiger partial charge < -0.3 is 10.3 Å². The maximum absolute atomic E-state index is 13.7. The Labute approximate surface area is 109 Å². The highest BCUT2D eigenvalue weighted by Gasteiger charge is 2.19. The summed E-state index contributed by atoms with van der Waals surface area (Å²) in [5.74, 6) is 0.144. The Balaban J connectivity index is 2.35. The number of nitrogens with two attached hydrogens (primary N) is 1. The van der Waals surface area contributed by atoms with Gasteiger partial charge in [-0.3, -0.25) is 0 Å². The third-order valence-corrected chi connectivity index (χ3v) is 2.85. The van der Waals surface area contributed by atoms with E-state index in [1.54, 1.807) is 6.07 Å². The van der Waals surface area contributed by atoms with E-state index in [0.717, 1.165) is 0 Å². The lowest BCUT2D eigenvalue weighted by Gasteiger charge is -2.09. The van der Waals surface area contributed by atoms with Gasteiger partial charge in [0.25, 0.3) is 5.89 Å². The topological polar surface area (TPSA) is 64.9 Å². The van der Waals surface area contributed by atoms with Crippen molar-refractivity contribution in [2.45, 2.75) is 19.9 Å². The summed E-state index contributed by atoms with van der Waals surface area (Å²) in [7, 11) is 0. The quantitative estimate of drug-likeness (QED) is 0.929. The standard InChI is InChI=1S/C12H13ClFN3O/c1-6(2)10(15)11-16-12(18-17-11)8-4-3-7(13)5-9(8)14/h3-6,10H,15H2,1-2H3. The smallest absolute Gasteiger partial charge is 0.260 e.